The Labute approximate surface area is 196 Å². The fraction of sp³-hybridized carbons (Fsp3) is 0.200. The zero-order chi connectivity index (χ0) is 23.4. The molecule has 0 bridgehead atoms. The summed E-state index contributed by atoms with van der Waals surface area (Å²) in [7, 11) is 0. The van der Waals surface area contributed by atoms with Gasteiger partial charge in [0.25, 0.3) is 11.6 Å². The van der Waals surface area contributed by atoms with Crippen LogP contribution in [-0.4, -0.2) is 22.5 Å². The third-order valence-corrected chi connectivity index (χ3v) is 6.60. The van der Waals surface area contributed by atoms with Crippen molar-refractivity contribution in [2.75, 3.05) is 16.0 Å². The molecule has 168 valence electrons. The lowest BCUT2D eigenvalue weighted by atomic mass is 10.1. The first-order valence-corrected chi connectivity index (χ1v) is 11.7. The largest absolute Gasteiger partial charge is 0.322 e. The number of non-ortho nitro benzene ring substituents is 1. The molecule has 0 radical (unpaired) electrons. The Balaban J connectivity index is 1.59. The van der Waals surface area contributed by atoms with E-state index in [0.29, 0.717) is 11.4 Å². The van der Waals surface area contributed by atoms with Gasteiger partial charge in [0.1, 0.15) is 5.37 Å². The fourth-order valence-corrected chi connectivity index (χ4v) is 5.05. The van der Waals surface area contributed by atoms with Crippen molar-refractivity contribution >= 4 is 40.6 Å². The SMILES string of the molecule is CCCc1ccccc1N1C(=O)CSC1c1cccc(NC(=O)c2cccc([N+](=O)[O-])c2)c1. The summed E-state index contributed by atoms with van der Waals surface area (Å²) in [5.74, 6) is 0.00537. The number of nitrogens with one attached hydrogen (secondary N) is 1. The molecular weight excluding hydrogens is 438 g/mol. The van der Waals surface area contributed by atoms with Crippen LogP contribution >= 0.6 is 11.8 Å². The van der Waals surface area contributed by atoms with Crippen LogP contribution in [0.15, 0.2) is 72.8 Å². The number of nitrogens with zero attached hydrogens (tertiary/aromatic N) is 2. The van der Waals surface area contributed by atoms with Gasteiger partial charge in [-0.1, -0.05) is 49.7 Å². The summed E-state index contributed by atoms with van der Waals surface area (Å²) in [6.45, 7) is 2.11. The normalized spacial score (nSPS) is 15.5. The maximum Gasteiger partial charge on any atom is 0.270 e. The second-order valence-corrected chi connectivity index (χ2v) is 8.76. The van der Waals surface area contributed by atoms with Crippen molar-refractivity contribution in [2.45, 2.75) is 25.1 Å². The average Bonchev–Trinajstić information content (AvgIpc) is 3.21. The van der Waals surface area contributed by atoms with Gasteiger partial charge in [0, 0.05) is 29.1 Å². The highest BCUT2D eigenvalue weighted by Crippen LogP contribution is 2.43. The Morgan fingerprint density at radius 2 is 1.91 bits per heavy atom. The molecule has 1 unspecified atom stereocenters. The number of aryl methyl sites for hydroxylation is 1. The molecule has 0 saturated carbocycles. The minimum absolute atomic E-state index is 0.0552. The van der Waals surface area contributed by atoms with E-state index < -0.39 is 10.8 Å². The van der Waals surface area contributed by atoms with E-state index in [1.807, 2.05) is 41.3 Å². The van der Waals surface area contributed by atoms with Gasteiger partial charge < -0.3 is 5.32 Å². The number of nitro benzene ring substituents is 1. The third kappa shape index (κ3) is 4.90. The summed E-state index contributed by atoms with van der Waals surface area (Å²) in [4.78, 5) is 37.8. The van der Waals surface area contributed by atoms with E-state index in [1.54, 1.807) is 17.8 Å². The molecule has 8 heteroatoms. The number of hydrogen-bond donors (Lipinski definition) is 1. The zero-order valence-electron chi connectivity index (χ0n) is 18.1. The van der Waals surface area contributed by atoms with Gasteiger partial charge >= 0.3 is 0 Å². The molecule has 33 heavy (non-hydrogen) atoms. The minimum Gasteiger partial charge on any atom is -0.322 e. The summed E-state index contributed by atoms with van der Waals surface area (Å²) >= 11 is 1.55. The topological polar surface area (TPSA) is 92.6 Å². The number of nitro groups is 1. The van der Waals surface area contributed by atoms with Crippen molar-refractivity contribution in [2.24, 2.45) is 0 Å². The first kappa shape index (κ1) is 22.5. The minimum atomic E-state index is -0.531. The number of rotatable bonds is 7. The van der Waals surface area contributed by atoms with E-state index in [0.717, 1.165) is 29.7 Å². The van der Waals surface area contributed by atoms with Crippen molar-refractivity contribution in [1.82, 2.24) is 0 Å². The van der Waals surface area contributed by atoms with Crippen LogP contribution in [-0.2, 0) is 11.2 Å². The molecule has 0 spiro atoms. The molecule has 1 aliphatic heterocycles. The quantitative estimate of drug-likeness (QED) is 0.366. The smallest absolute Gasteiger partial charge is 0.270 e. The van der Waals surface area contributed by atoms with Crippen LogP contribution in [0.3, 0.4) is 0 Å². The summed E-state index contributed by atoms with van der Waals surface area (Å²) in [6.07, 6.45) is 1.87. The monoisotopic (exact) mass is 461 g/mol. The molecule has 3 aromatic rings. The highest BCUT2D eigenvalue weighted by molar-refractivity contribution is 8.00. The summed E-state index contributed by atoms with van der Waals surface area (Å²) < 4.78 is 0. The molecule has 1 fully saturated rings. The molecule has 1 saturated heterocycles. The van der Waals surface area contributed by atoms with Gasteiger partial charge in [-0.25, -0.2) is 0 Å². The van der Waals surface area contributed by atoms with Gasteiger partial charge in [-0.2, -0.15) is 0 Å². The van der Waals surface area contributed by atoms with Crippen molar-refractivity contribution in [3.05, 3.63) is 99.6 Å². The molecule has 1 atom stereocenters. The standard InChI is InChI=1S/C25H23N3O4S/c1-2-7-17-8-3-4-13-22(17)27-23(29)16-33-25(27)19-10-5-11-20(14-19)26-24(30)18-9-6-12-21(15-18)28(31)32/h3-6,8-15,25H,2,7,16H2,1H3,(H,26,30). The second kappa shape index (κ2) is 9.87. The van der Waals surface area contributed by atoms with Crippen LogP contribution in [0.5, 0.6) is 0 Å². The number of carbonyl (C=O) groups excluding carboxylic acids is 2. The van der Waals surface area contributed by atoms with Gasteiger partial charge in [0.15, 0.2) is 0 Å². The van der Waals surface area contributed by atoms with Crippen LogP contribution in [0.4, 0.5) is 17.1 Å². The van der Waals surface area contributed by atoms with Gasteiger partial charge in [-0.05, 0) is 41.8 Å². The molecule has 0 aromatic heterocycles. The van der Waals surface area contributed by atoms with Gasteiger partial charge in [0.05, 0.1) is 10.7 Å². The Morgan fingerprint density at radius 3 is 2.70 bits per heavy atom. The molecule has 1 N–H and O–H groups in total. The number of para-hydroxylation sites is 1. The van der Waals surface area contributed by atoms with E-state index in [-0.39, 0.29) is 22.5 Å². The molecule has 0 aliphatic carbocycles. The van der Waals surface area contributed by atoms with Crippen molar-refractivity contribution in [1.29, 1.82) is 0 Å². The number of anilines is 2. The highest BCUT2D eigenvalue weighted by atomic mass is 32.2. The van der Waals surface area contributed by atoms with Crippen LogP contribution < -0.4 is 10.2 Å². The Kier molecular flexibility index (Phi) is 6.74. The molecule has 2 amide bonds. The van der Waals surface area contributed by atoms with Gasteiger partial charge in [0.2, 0.25) is 5.91 Å². The zero-order valence-corrected chi connectivity index (χ0v) is 18.9. The van der Waals surface area contributed by atoms with E-state index in [1.165, 1.54) is 24.3 Å². The molecule has 7 nitrogen and oxygen atoms in total. The lowest BCUT2D eigenvalue weighted by molar-refractivity contribution is -0.384. The fourth-order valence-electron chi connectivity index (χ4n) is 3.89. The maximum absolute atomic E-state index is 12.8. The Morgan fingerprint density at radius 1 is 1.12 bits per heavy atom. The molecular formula is C25H23N3O4S. The Hall–Kier alpha value is -3.65. The number of hydrogen-bond acceptors (Lipinski definition) is 5. The van der Waals surface area contributed by atoms with Crippen molar-refractivity contribution < 1.29 is 14.5 Å². The highest BCUT2D eigenvalue weighted by Gasteiger charge is 2.35. The molecule has 1 aliphatic rings. The van der Waals surface area contributed by atoms with Crippen molar-refractivity contribution in [3.8, 4) is 0 Å². The van der Waals surface area contributed by atoms with E-state index >= 15 is 0 Å². The van der Waals surface area contributed by atoms with Gasteiger partial charge in [-0.15, -0.1) is 11.8 Å². The molecule has 3 aromatic carbocycles. The van der Waals surface area contributed by atoms with Crippen LogP contribution in [0.1, 0.15) is 40.2 Å². The third-order valence-electron chi connectivity index (χ3n) is 5.39. The molecule has 1 heterocycles. The predicted octanol–water partition coefficient (Wildman–Crippen LogP) is 5.58. The van der Waals surface area contributed by atoms with Crippen LogP contribution in [0.2, 0.25) is 0 Å². The average molecular weight is 462 g/mol. The summed E-state index contributed by atoms with van der Waals surface area (Å²) in [5, 5.41) is 13.6. The number of amides is 2. The van der Waals surface area contributed by atoms with E-state index in [2.05, 4.69) is 18.3 Å². The molecule has 4 rings (SSSR count). The lowest BCUT2D eigenvalue weighted by Crippen LogP contribution is -2.28. The van der Waals surface area contributed by atoms with Crippen LogP contribution in [0.25, 0.3) is 0 Å². The predicted molar refractivity (Wildman–Crippen MR) is 131 cm³/mol. The van der Waals surface area contributed by atoms with Crippen LogP contribution in [0, 0.1) is 10.1 Å². The first-order chi connectivity index (χ1) is 16.0. The summed E-state index contributed by atoms with van der Waals surface area (Å²) in [5.41, 5.74) is 3.58. The Bertz CT molecular complexity index is 1210. The van der Waals surface area contributed by atoms with Crippen molar-refractivity contribution in [3.63, 3.8) is 0 Å². The number of carbonyl (C=O) groups is 2. The second-order valence-electron chi connectivity index (χ2n) is 7.69. The lowest BCUT2D eigenvalue weighted by Gasteiger charge is -2.27. The van der Waals surface area contributed by atoms with E-state index in [9.17, 15) is 19.7 Å². The van der Waals surface area contributed by atoms with Gasteiger partial charge in [-0.3, -0.25) is 24.6 Å². The summed E-state index contributed by atoms with van der Waals surface area (Å²) in [6, 6.07) is 21.0. The van der Waals surface area contributed by atoms with E-state index in [4.69, 9.17) is 0 Å². The first-order valence-electron chi connectivity index (χ1n) is 10.6. The maximum atomic E-state index is 12.8. The number of benzene rings is 3. The number of thioether (sulfide) groups is 1.